The van der Waals surface area contributed by atoms with Gasteiger partial charge >= 0.3 is 0 Å². The molecule has 1 aliphatic heterocycles. The number of benzene rings is 2. The average Bonchev–Trinajstić information content (AvgIpc) is 3.38. The fourth-order valence-electron chi connectivity index (χ4n) is 3.92. The minimum Gasteiger partial charge on any atom is -0.503 e. The van der Waals surface area contributed by atoms with Crippen LogP contribution in [0.15, 0.2) is 43.5 Å². The number of aromatic hydroxyl groups is 1. The molecular formula is C22H16BrN3O5S. The Morgan fingerprint density at radius 1 is 1.19 bits per heavy atom. The van der Waals surface area contributed by atoms with Crippen LogP contribution >= 0.6 is 27.3 Å². The largest absolute Gasteiger partial charge is 0.503 e. The van der Waals surface area contributed by atoms with E-state index in [0.717, 1.165) is 11.1 Å². The quantitative estimate of drug-likeness (QED) is 0.430. The van der Waals surface area contributed by atoms with E-state index in [4.69, 9.17) is 9.15 Å². The number of methoxy groups -OCH3 is 1. The molecule has 0 saturated carbocycles. The van der Waals surface area contributed by atoms with Crippen LogP contribution in [0.5, 0.6) is 11.5 Å². The summed E-state index contributed by atoms with van der Waals surface area (Å²) >= 11 is 4.50. The molecule has 0 radical (unpaired) electrons. The van der Waals surface area contributed by atoms with Crippen LogP contribution in [0, 0.1) is 13.8 Å². The normalized spacial score (nSPS) is 15.4. The third-order valence-corrected chi connectivity index (χ3v) is 6.92. The number of amides is 1. The third kappa shape index (κ3) is 2.94. The number of phenols is 1. The maximum Gasteiger partial charge on any atom is 0.297 e. The lowest BCUT2D eigenvalue weighted by Crippen LogP contribution is -2.29. The maximum absolute atomic E-state index is 13.7. The first-order chi connectivity index (χ1) is 15.3. The molecule has 162 valence electrons. The first-order valence-electron chi connectivity index (χ1n) is 9.56. The topological polar surface area (TPSA) is 106 Å². The number of fused-ring (bicyclic) bond motifs is 2. The van der Waals surface area contributed by atoms with Crippen molar-refractivity contribution in [1.82, 2.24) is 10.2 Å². The number of phenolic OH excluding ortho intramolecular Hbond substituents is 1. The minimum atomic E-state index is -0.835. The van der Waals surface area contributed by atoms with Crippen molar-refractivity contribution in [2.24, 2.45) is 0 Å². The van der Waals surface area contributed by atoms with E-state index in [2.05, 4.69) is 26.1 Å². The van der Waals surface area contributed by atoms with Gasteiger partial charge in [0.2, 0.25) is 10.9 Å². The van der Waals surface area contributed by atoms with Crippen molar-refractivity contribution in [3.8, 4) is 11.5 Å². The van der Waals surface area contributed by atoms with E-state index < -0.39 is 11.9 Å². The molecule has 0 fully saturated rings. The van der Waals surface area contributed by atoms with Crippen molar-refractivity contribution in [2.75, 3.05) is 12.0 Å². The molecule has 8 nitrogen and oxygen atoms in total. The van der Waals surface area contributed by atoms with Crippen LogP contribution in [-0.4, -0.2) is 28.3 Å². The third-order valence-electron chi connectivity index (χ3n) is 5.63. The number of aromatic nitrogens is 2. The Labute approximate surface area is 194 Å². The van der Waals surface area contributed by atoms with Crippen LogP contribution in [0.25, 0.3) is 11.0 Å². The van der Waals surface area contributed by atoms with Gasteiger partial charge in [0.1, 0.15) is 11.1 Å². The lowest BCUT2D eigenvalue weighted by atomic mass is 9.97. The van der Waals surface area contributed by atoms with E-state index in [0.29, 0.717) is 26.1 Å². The second-order valence-corrected chi connectivity index (χ2v) is 9.13. The highest BCUT2D eigenvalue weighted by molar-refractivity contribution is 9.10. The zero-order chi connectivity index (χ0) is 22.7. The van der Waals surface area contributed by atoms with Crippen LogP contribution in [0.4, 0.5) is 5.13 Å². The summed E-state index contributed by atoms with van der Waals surface area (Å²) in [6.45, 7) is 3.83. The van der Waals surface area contributed by atoms with Gasteiger partial charge in [0, 0.05) is 0 Å². The Bertz CT molecular complexity index is 1470. The molecule has 0 bridgehead atoms. The van der Waals surface area contributed by atoms with Gasteiger partial charge in [-0.3, -0.25) is 14.5 Å². The number of nitrogens with zero attached hydrogens (tertiary/aromatic N) is 3. The van der Waals surface area contributed by atoms with Crippen LogP contribution < -0.4 is 15.1 Å². The van der Waals surface area contributed by atoms with Gasteiger partial charge in [-0.1, -0.05) is 11.3 Å². The summed E-state index contributed by atoms with van der Waals surface area (Å²) < 4.78 is 11.6. The van der Waals surface area contributed by atoms with Crippen molar-refractivity contribution < 1.29 is 19.1 Å². The monoisotopic (exact) mass is 513 g/mol. The fourth-order valence-corrected chi connectivity index (χ4v) is 4.96. The van der Waals surface area contributed by atoms with E-state index >= 15 is 0 Å². The number of carbonyl (C=O) groups excluding carboxylic acids is 1. The van der Waals surface area contributed by atoms with Gasteiger partial charge in [-0.25, -0.2) is 0 Å². The molecule has 0 aliphatic carbocycles. The Kier molecular flexibility index (Phi) is 4.79. The summed E-state index contributed by atoms with van der Waals surface area (Å²) in [5.74, 6) is -0.402. The fraction of sp³-hybridized carbons (Fsp3) is 0.182. The number of aryl methyl sites for hydroxylation is 2. The maximum atomic E-state index is 13.7. The van der Waals surface area contributed by atoms with Gasteiger partial charge in [0.05, 0.1) is 28.6 Å². The SMILES string of the molecule is COc1cc(C2c3c(oc4cc(C)c(C)cc4c3=O)C(=O)N2c2nncs2)cc(Br)c1O. The number of hydrogen-bond donors (Lipinski definition) is 1. The Morgan fingerprint density at radius 3 is 2.62 bits per heavy atom. The van der Waals surface area contributed by atoms with Gasteiger partial charge in [0.15, 0.2) is 16.9 Å². The zero-order valence-electron chi connectivity index (χ0n) is 17.2. The number of ether oxygens (including phenoxy) is 1. The molecule has 10 heteroatoms. The predicted octanol–water partition coefficient (Wildman–Crippen LogP) is 4.49. The first kappa shape index (κ1) is 20.7. The van der Waals surface area contributed by atoms with E-state index in [9.17, 15) is 14.7 Å². The number of hydrogen-bond acceptors (Lipinski definition) is 8. The molecule has 2 aromatic carbocycles. The molecule has 1 aliphatic rings. The molecule has 1 amide bonds. The van der Waals surface area contributed by atoms with Gasteiger partial charge < -0.3 is 14.3 Å². The molecule has 3 heterocycles. The predicted molar refractivity (Wildman–Crippen MR) is 123 cm³/mol. The molecule has 0 spiro atoms. The molecule has 1 atom stereocenters. The van der Waals surface area contributed by atoms with E-state index in [1.807, 2.05) is 13.8 Å². The molecule has 1 N–H and O–H groups in total. The summed E-state index contributed by atoms with van der Waals surface area (Å²) in [6.07, 6.45) is 0. The molecule has 32 heavy (non-hydrogen) atoms. The molecule has 4 aromatic rings. The number of anilines is 1. The van der Waals surface area contributed by atoms with E-state index in [1.54, 1.807) is 24.3 Å². The highest BCUT2D eigenvalue weighted by Crippen LogP contribution is 2.45. The highest BCUT2D eigenvalue weighted by Gasteiger charge is 2.45. The Balaban J connectivity index is 1.85. The number of carbonyl (C=O) groups is 1. The second-order valence-electron chi connectivity index (χ2n) is 7.46. The lowest BCUT2D eigenvalue weighted by Gasteiger charge is -2.23. The van der Waals surface area contributed by atoms with Gasteiger partial charge in [-0.15, -0.1) is 10.2 Å². The average molecular weight is 514 g/mol. The van der Waals surface area contributed by atoms with Gasteiger partial charge in [0.25, 0.3) is 5.91 Å². The highest BCUT2D eigenvalue weighted by atomic mass is 79.9. The van der Waals surface area contributed by atoms with E-state index in [1.165, 1.54) is 28.9 Å². The second kappa shape index (κ2) is 7.42. The molecular weight excluding hydrogens is 498 g/mol. The lowest BCUT2D eigenvalue weighted by molar-refractivity contribution is 0.0970. The number of rotatable bonds is 3. The van der Waals surface area contributed by atoms with Gasteiger partial charge in [-0.2, -0.15) is 0 Å². The first-order valence-corrected chi connectivity index (χ1v) is 11.2. The Hall–Kier alpha value is -3.24. The molecule has 2 aromatic heterocycles. The molecule has 5 rings (SSSR count). The van der Waals surface area contributed by atoms with Crippen LogP contribution in [0.3, 0.4) is 0 Å². The van der Waals surface area contributed by atoms with Crippen molar-refractivity contribution in [1.29, 1.82) is 0 Å². The van der Waals surface area contributed by atoms with E-state index in [-0.39, 0.29) is 28.3 Å². The van der Waals surface area contributed by atoms with Gasteiger partial charge in [-0.05, 0) is 70.7 Å². The summed E-state index contributed by atoms with van der Waals surface area (Å²) in [4.78, 5) is 28.5. The van der Waals surface area contributed by atoms with Crippen molar-refractivity contribution in [2.45, 2.75) is 19.9 Å². The summed E-state index contributed by atoms with van der Waals surface area (Å²) in [7, 11) is 1.43. The van der Waals surface area contributed by atoms with Crippen molar-refractivity contribution in [3.05, 3.63) is 72.5 Å². The summed E-state index contributed by atoms with van der Waals surface area (Å²) in [5.41, 5.74) is 4.22. The van der Waals surface area contributed by atoms with Crippen LogP contribution in [-0.2, 0) is 0 Å². The smallest absolute Gasteiger partial charge is 0.297 e. The van der Waals surface area contributed by atoms with Crippen molar-refractivity contribution >= 4 is 49.3 Å². The Morgan fingerprint density at radius 2 is 1.94 bits per heavy atom. The van der Waals surface area contributed by atoms with Crippen LogP contribution in [0.1, 0.15) is 38.9 Å². The van der Waals surface area contributed by atoms with Crippen LogP contribution in [0.2, 0.25) is 0 Å². The molecule has 1 unspecified atom stereocenters. The van der Waals surface area contributed by atoms with Crippen molar-refractivity contribution in [3.63, 3.8) is 0 Å². The number of halogens is 1. The zero-order valence-corrected chi connectivity index (χ0v) is 19.6. The standard InChI is InChI=1S/C22H16BrN3O5S/c1-9-4-12-14(5-10(9)2)31-20-16(18(12)27)17(26(21(20)29)22-25-24-8-32-22)11-6-13(23)19(28)15(7-11)30-3/h4-8,17,28H,1-3H3. The molecule has 0 saturated heterocycles. The minimum absolute atomic E-state index is 0.0332. The summed E-state index contributed by atoms with van der Waals surface area (Å²) in [6, 6.07) is 5.94. The summed E-state index contributed by atoms with van der Waals surface area (Å²) in [5, 5.41) is 18.9.